The number of benzene rings is 3. The van der Waals surface area contributed by atoms with Gasteiger partial charge >= 0.3 is 5.69 Å². The summed E-state index contributed by atoms with van der Waals surface area (Å²) in [5.74, 6) is -0.364. The maximum atomic E-state index is 13.0. The number of nitrogens with zero attached hydrogens (tertiary/aromatic N) is 1. The van der Waals surface area contributed by atoms with Crippen molar-refractivity contribution in [3.8, 4) is 0 Å². The number of fused-ring (bicyclic) bond motifs is 1. The Hall–Kier alpha value is -4.05. The minimum absolute atomic E-state index is 0.0315. The Labute approximate surface area is 203 Å². The van der Waals surface area contributed by atoms with Crippen LogP contribution in [0.4, 0.5) is 11.4 Å². The van der Waals surface area contributed by atoms with Gasteiger partial charge in [0, 0.05) is 25.3 Å². The Morgan fingerprint density at radius 3 is 2.43 bits per heavy atom. The number of anilines is 2. The minimum atomic E-state index is -3.99. The third kappa shape index (κ3) is 5.72. The lowest BCUT2D eigenvalue weighted by molar-refractivity contribution is 0.0954. The van der Waals surface area contributed by atoms with Crippen molar-refractivity contribution in [1.82, 2.24) is 15.3 Å². The molecule has 0 saturated heterocycles. The summed E-state index contributed by atoms with van der Waals surface area (Å²) in [4.78, 5) is 31.6. The average molecular weight is 494 g/mol. The molecule has 10 heteroatoms. The summed E-state index contributed by atoms with van der Waals surface area (Å²) in [5, 5.41) is 2.88. The van der Waals surface area contributed by atoms with Gasteiger partial charge < -0.3 is 20.2 Å². The number of para-hydroxylation sites is 2. The van der Waals surface area contributed by atoms with Gasteiger partial charge in [-0.3, -0.25) is 9.52 Å². The van der Waals surface area contributed by atoms with Crippen LogP contribution in [0.5, 0.6) is 0 Å². The summed E-state index contributed by atoms with van der Waals surface area (Å²) in [7, 11) is -3.99. The minimum Gasteiger partial charge on any atom is -0.372 e. The van der Waals surface area contributed by atoms with Crippen molar-refractivity contribution >= 4 is 38.3 Å². The molecule has 35 heavy (non-hydrogen) atoms. The molecule has 1 heterocycles. The van der Waals surface area contributed by atoms with Crippen LogP contribution in [0.15, 0.2) is 82.5 Å². The van der Waals surface area contributed by atoms with E-state index in [1.54, 1.807) is 18.2 Å². The number of aromatic amines is 2. The molecule has 0 aliphatic heterocycles. The number of carbonyl (C=O) groups excluding carboxylic acids is 1. The van der Waals surface area contributed by atoms with Gasteiger partial charge in [-0.05, 0) is 55.8 Å². The number of H-pyrrole nitrogens is 2. The monoisotopic (exact) mass is 493 g/mol. The molecular weight excluding hydrogens is 466 g/mol. The van der Waals surface area contributed by atoms with Crippen molar-refractivity contribution in [2.75, 3.05) is 29.3 Å². The van der Waals surface area contributed by atoms with Gasteiger partial charge in [-0.1, -0.05) is 30.3 Å². The molecule has 0 aliphatic rings. The van der Waals surface area contributed by atoms with Crippen LogP contribution in [0.25, 0.3) is 11.0 Å². The highest BCUT2D eigenvalue weighted by Crippen LogP contribution is 2.22. The van der Waals surface area contributed by atoms with Crippen LogP contribution in [0.2, 0.25) is 0 Å². The zero-order valence-corrected chi connectivity index (χ0v) is 20.1. The van der Waals surface area contributed by atoms with Gasteiger partial charge in [0.05, 0.1) is 27.2 Å². The predicted octanol–water partition coefficient (Wildman–Crippen LogP) is 3.30. The molecule has 4 rings (SSSR count). The van der Waals surface area contributed by atoms with Gasteiger partial charge in [0.25, 0.3) is 15.9 Å². The molecule has 4 N–H and O–H groups in total. The smallest absolute Gasteiger partial charge is 0.323 e. The predicted molar refractivity (Wildman–Crippen MR) is 137 cm³/mol. The first kappa shape index (κ1) is 24.1. The third-order valence-electron chi connectivity index (χ3n) is 5.61. The van der Waals surface area contributed by atoms with E-state index in [2.05, 4.69) is 44.0 Å². The lowest BCUT2D eigenvalue weighted by atomic mass is 10.1. The highest BCUT2D eigenvalue weighted by atomic mass is 32.2. The standard InChI is InChI=1S/C25H27N5O4S/c1-2-30(18-9-4-3-5-10-18)16-8-15-26-24(31)20-11-6-7-12-21(20)29-35(33,34)19-13-14-22-23(17-19)28-25(32)27-22/h3-7,9-14,17,29H,2,8,15-16H2,1H3,(H,26,31)(H2,27,28,32). The second-order valence-corrected chi connectivity index (χ2v) is 9.64. The zero-order valence-electron chi connectivity index (χ0n) is 19.2. The van der Waals surface area contributed by atoms with Gasteiger partial charge in [-0.2, -0.15) is 0 Å². The van der Waals surface area contributed by atoms with Crippen molar-refractivity contribution < 1.29 is 13.2 Å². The number of carbonyl (C=O) groups is 1. The van der Waals surface area contributed by atoms with E-state index in [0.29, 0.717) is 17.6 Å². The molecule has 1 amide bonds. The van der Waals surface area contributed by atoms with Crippen LogP contribution in [-0.4, -0.2) is 43.9 Å². The number of rotatable bonds is 10. The first-order chi connectivity index (χ1) is 16.9. The fourth-order valence-corrected chi connectivity index (χ4v) is 4.93. The summed E-state index contributed by atoms with van der Waals surface area (Å²) >= 11 is 0. The molecule has 0 saturated carbocycles. The van der Waals surface area contributed by atoms with Crippen molar-refractivity contribution in [2.24, 2.45) is 0 Å². The normalized spacial score (nSPS) is 11.3. The average Bonchev–Trinajstić information content (AvgIpc) is 3.24. The molecule has 4 aromatic rings. The van der Waals surface area contributed by atoms with Crippen molar-refractivity contribution in [3.63, 3.8) is 0 Å². The molecule has 0 radical (unpaired) electrons. The van der Waals surface area contributed by atoms with Crippen molar-refractivity contribution in [3.05, 3.63) is 88.8 Å². The number of amides is 1. The summed E-state index contributed by atoms with van der Waals surface area (Å²) in [6.07, 6.45) is 0.733. The number of nitrogens with one attached hydrogen (secondary N) is 4. The second kappa shape index (κ2) is 10.5. The summed E-state index contributed by atoms with van der Waals surface area (Å²) in [6.45, 7) is 4.16. The highest BCUT2D eigenvalue weighted by molar-refractivity contribution is 7.92. The summed E-state index contributed by atoms with van der Waals surface area (Å²) in [6, 6.07) is 20.8. The van der Waals surface area contributed by atoms with Crippen molar-refractivity contribution in [2.45, 2.75) is 18.2 Å². The fourth-order valence-electron chi connectivity index (χ4n) is 3.83. The van der Waals surface area contributed by atoms with Gasteiger partial charge in [-0.15, -0.1) is 0 Å². The topological polar surface area (TPSA) is 127 Å². The Morgan fingerprint density at radius 2 is 1.66 bits per heavy atom. The zero-order chi connectivity index (χ0) is 24.8. The highest BCUT2D eigenvalue weighted by Gasteiger charge is 2.19. The van der Waals surface area contributed by atoms with Crippen LogP contribution < -0.4 is 20.6 Å². The summed E-state index contributed by atoms with van der Waals surface area (Å²) in [5.41, 5.74) is 1.98. The summed E-state index contributed by atoms with van der Waals surface area (Å²) < 4.78 is 28.5. The molecular formula is C25H27N5O4S. The van der Waals surface area contributed by atoms with Gasteiger partial charge in [0.1, 0.15) is 0 Å². The molecule has 0 unspecified atom stereocenters. The van der Waals surface area contributed by atoms with Crippen LogP contribution in [0.1, 0.15) is 23.7 Å². The Morgan fingerprint density at radius 1 is 0.943 bits per heavy atom. The lowest BCUT2D eigenvalue weighted by Gasteiger charge is -2.23. The molecule has 182 valence electrons. The largest absolute Gasteiger partial charge is 0.372 e. The van der Waals surface area contributed by atoms with E-state index >= 15 is 0 Å². The first-order valence-electron chi connectivity index (χ1n) is 11.3. The molecule has 0 bridgehead atoms. The molecule has 0 fully saturated rings. The van der Waals surface area contributed by atoms with E-state index in [0.717, 1.165) is 25.2 Å². The van der Waals surface area contributed by atoms with Gasteiger partial charge in [0.2, 0.25) is 0 Å². The number of aromatic nitrogens is 2. The third-order valence-corrected chi connectivity index (χ3v) is 6.97. The van der Waals surface area contributed by atoms with E-state index < -0.39 is 15.7 Å². The number of imidazole rings is 1. The Kier molecular flexibility index (Phi) is 7.21. The quantitative estimate of drug-likeness (QED) is 0.252. The van der Waals surface area contributed by atoms with E-state index in [1.807, 2.05) is 18.2 Å². The number of hydrogen-bond acceptors (Lipinski definition) is 5. The van der Waals surface area contributed by atoms with Crippen LogP contribution >= 0.6 is 0 Å². The molecule has 3 aromatic carbocycles. The van der Waals surface area contributed by atoms with Crippen LogP contribution in [0.3, 0.4) is 0 Å². The van der Waals surface area contributed by atoms with Crippen LogP contribution in [0, 0.1) is 0 Å². The number of sulfonamides is 1. The van der Waals surface area contributed by atoms with E-state index in [4.69, 9.17) is 0 Å². The molecule has 0 aliphatic carbocycles. The first-order valence-corrected chi connectivity index (χ1v) is 12.8. The number of hydrogen-bond donors (Lipinski definition) is 4. The lowest BCUT2D eigenvalue weighted by Crippen LogP contribution is -2.30. The van der Waals surface area contributed by atoms with Crippen molar-refractivity contribution in [1.29, 1.82) is 0 Å². The molecule has 1 aromatic heterocycles. The van der Waals surface area contributed by atoms with Gasteiger partial charge in [-0.25, -0.2) is 13.2 Å². The Balaban J connectivity index is 1.41. The maximum Gasteiger partial charge on any atom is 0.323 e. The molecule has 0 spiro atoms. The molecule has 9 nitrogen and oxygen atoms in total. The van der Waals surface area contributed by atoms with Crippen LogP contribution in [-0.2, 0) is 10.0 Å². The molecule has 0 atom stereocenters. The van der Waals surface area contributed by atoms with E-state index in [-0.39, 0.29) is 22.1 Å². The van der Waals surface area contributed by atoms with E-state index in [1.165, 1.54) is 24.3 Å². The van der Waals surface area contributed by atoms with Gasteiger partial charge in [0.15, 0.2) is 0 Å². The maximum absolute atomic E-state index is 13.0. The SMILES string of the molecule is CCN(CCCNC(=O)c1ccccc1NS(=O)(=O)c1ccc2[nH]c(=O)[nH]c2c1)c1ccccc1. The Bertz CT molecular complexity index is 1480. The second-order valence-electron chi connectivity index (χ2n) is 7.96. The fraction of sp³-hybridized carbons (Fsp3) is 0.200. The van der Waals surface area contributed by atoms with E-state index in [9.17, 15) is 18.0 Å².